The molecule has 79 valence electrons. The molecule has 3 rings (SSSR count). The van der Waals surface area contributed by atoms with Crippen molar-refractivity contribution < 1.29 is 8.78 Å². The van der Waals surface area contributed by atoms with Gasteiger partial charge in [0.25, 0.3) is 5.92 Å². The van der Waals surface area contributed by atoms with Gasteiger partial charge in [-0.3, -0.25) is 0 Å². The molecule has 3 nitrogen and oxygen atoms in total. The molecule has 2 atom stereocenters. The summed E-state index contributed by atoms with van der Waals surface area (Å²) >= 11 is 0. The van der Waals surface area contributed by atoms with Gasteiger partial charge >= 0.3 is 0 Å². The summed E-state index contributed by atoms with van der Waals surface area (Å²) in [4.78, 5) is 7.60. The lowest BCUT2D eigenvalue weighted by atomic mass is 9.97. The molecule has 1 aliphatic heterocycles. The summed E-state index contributed by atoms with van der Waals surface area (Å²) in [6.45, 7) is 0.174. The fourth-order valence-corrected chi connectivity index (χ4v) is 2.51. The number of nitrogens with zero attached hydrogens (tertiary/aromatic N) is 2. The standard InChI is InChI=1S/C10H10F2N3/c11-10(12)5-14-4-9(10)3-7(9)8-1-2-13-6-15-8/h1-2,7,14H,3-5H2. The molecule has 1 aliphatic carbocycles. The molecule has 1 N–H and O–H groups in total. The second kappa shape index (κ2) is 2.72. The highest BCUT2D eigenvalue weighted by atomic mass is 19.3. The van der Waals surface area contributed by atoms with Crippen molar-refractivity contribution in [2.45, 2.75) is 18.3 Å². The molecule has 15 heavy (non-hydrogen) atoms. The number of hydrogen-bond acceptors (Lipinski definition) is 3. The van der Waals surface area contributed by atoms with Gasteiger partial charge in [0.1, 0.15) is 0 Å². The number of aromatic nitrogens is 2. The van der Waals surface area contributed by atoms with Crippen molar-refractivity contribution in [1.29, 1.82) is 0 Å². The number of nitrogens with one attached hydrogen (secondary N) is 1. The van der Waals surface area contributed by atoms with E-state index in [2.05, 4.69) is 21.6 Å². The molecule has 1 saturated carbocycles. The van der Waals surface area contributed by atoms with Crippen molar-refractivity contribution in [1.82, 2.24) is 15.3 Å². The summed E-state index contributed by atoms with van der Waals surface area (Å²) in [5.41, 5.74) is -0.205. The molecule has 1 radical (unpaired) electrons. The Kier molecular flexibility index (Phi) is 1.66. The zero-order valence-electron chi connectivity index (χ0n) is 8.00. The van der Waals surface area contributed by atoms with E-state index in [-0.39, 0.29) is 12.5 Å². The molecule has 1 aromatic heterocycles. The molecule has 1 spiro atoms. The van der Waals surface area contributed by atoms with E-state index in [0.717, 1.165) is 0 Å². The second-order valence-corrected chi connectivity index (χ2v) is 4.30. The maximum absolute atomic E-state index is 13.6. The lowest BCUT2D eigenvalue weighted by molar-refractivity contribution is -0.0370. The summed E-state index contributed by atoms with van der Waals surface area (Å²) in [5.74, 6) is -2.75. The van der Waals surface area contributed by atoms with Gasteiger partial charge in [0.05, 0.1) is 12.0 Å². The lowest BCUT2D eigenvalue weighted by Gasteiger charge is -2.17. The van der Waals surface area contributed by atoms with E-state index in [1.807, 2.05) is 0 Å². The van der Waals surface area contributed by atoms with Crippen LogP contribution in [0.1, 0.15) is 18.0 Å². The SMILES string of the molecule is FC1(F)CNCC12CC2c1ccn[c]n1. The van der Waals surface area contributed by atoms with Crippen LogP contribution >= 0.6 is 0 Å². The van der Waals surface area contributed by atoms with Gasteiger partial charge < -0.3 is 5.32 Å². The van der Waals surface area contributed by atoms with E-state index in [0.29, 0.717) is 18.7 Å². The van der Waals surface area contributed by atoms with Gasteiger partial charge in [0, 0.05) is 24.4 Å². The predicted molar refractivity (Wildman–Crippen MR) is 48.5 cm³/mol. The van der Waals surface area contributed by atoms with Crippen molar-refractivity contribution in [2.75, 3.05) is 13.1 Å². The van der Waals surface area contributed by atoms with E-state index in [1.54, 1.807) is 12.3 Å². The molecule has 0 amide bonds. The van der Waals surface area contributed by atoms with Crippen molar-refractivity contribution in [3.63, 3.8) is 0 Å². The largest absolute Gasteiger partial charge is 0.310 e. The Balaban J connectivity index is 1.90. The van der Waals surface area contributed by atoms with E-state index >= 15 is 0 Å². The van der Waals surface area contributed by atoms with Crippen LogP contribution in [-0.4, -0.2) is 29.0 Å². The quantitative estimate of drug-likeness (QED) is 0.751. The zero-order chi connectivity index (χ0) is 10.5. The Bertz CT molecular complexity index is 382. The molecule has 2 heterocycles. The Hall–Kier alpha value is -1.10. The van der Waals surface area contributed by atoms with Gasteiger partial charge in [0.2, 0.25) is 0 Å². The first kappa shape index (κ1) is 9.15. The fourth-order valence-electron chi connectivity index (χ4n) is 2.51. The number of rotatable bonds is 1. The molecule has 0 bridgehead atoms. The first-order valence-electron chi connectivity index (χ1n) is 4.93. The number of alkyl halides is 2. The van der Waals surface area contributed by atoms with Gasteiger partial charge in [-0.25, -0.2) is 18.7 Å². The van der Waals surface area contributed by atoms with E-state index in [9.17, 15) is 8.78 Å². The average Bonchev–Trinajstić information content (AvgIpc) is 2.88. The van der Waals surface area contributed by atoms with Crippen LogP contribution in [0.3, 0.4) is 0 Å². The Labute approximate surface area is 85.9 Å². The summed E-state index contributed by atoms with van der Waals surface area (Å²) < 4.78 is 27.2. The molecule has 2 aliphatic rings. The molecule has 1 aromatic rings. The minimum atomic E-state index is -2.61. The van der Waals surface area contributed by atoms with Gasteiger partial charge in [-0.2, -0.15) is 0 Å². The smallest absolute Gasteiger partial charge is 0.267 e. The third-order valence-corrected chi connectivity index (χ3v) is 3.50. The van der Waals surface area contributed by atoms with Crippen LogP contribution in [0.25, 0.3) is 0 Å². The summed E-state index contributed by atoms with van der Waals surface area (Å²) in [6.07, 6.45) is 4.51. The summed E-state index contributed by atoms with van der Waals surface area (Å²) in [6, 6.07) is 1.70. The maximum atomic E-state index is 13.6. The normalized spacial score (nSPS) is 37.1. The van der Waals surface area contributed by atoms with Crippen LogP contribution in [0.2, 0.25) is 0 Å². The Morgan fingerprint density at radius 2 is 2.33 bits per heavy atom. The van der Waals surface area contributed by atoms with Gasteiger partial charge in [-0.05, 0) is 12.5 Å². The highest BCUT2D eigenvalue weighted by molar-refractivity contribution is 5.29. The Morgan fingerprint density at radius 1 is 1.47 bits per heavy atom. The highest BCUT2D eigenvalue weighted by Gasteiger charge is 2.72. The predicted octanol–water partition coefficient (Wildman–Crippen LogP) is 0.989. The molecule has 5 heteroatoms. The third kappa shape index (κ3) is 1.13. The monoisotopic (exact) mass is 210 g/mol. The van der Waals surface area contributed by atoms with Crippen molar-refractivity contribution in [2.24, 2.45) is 5.41 Å². The van der Waals surface area contributed by atoms with Crippen LogP contribution < -0.4 is 5.32 Å². The van der Waals surface area contributed by atoms with E-state index in [4.69, 9.17) is 0 Å². The summed E-state index contributed by atoms with van der Waals surface area (Å²) in [5, 5.41) is 2.76. The second-order valence-electron chi connectivity index (χ2n) is 4.30. The van der Waals surface area contributed by atoms with Gasteiger partial charge in [-0.1, -0.05) is 0 Å². The van der Waals surface area contributed by atoms with Crippen LogP contribution in [0.15, 0.2) is 12.3 Å². The van der Waals surface area contributed by atoms with Crippen LogP contribution in [-0.2, 0) is 0 Å². The molecule has 1 saturated heterocycles. The molecule has 0 aromatic carbocycles. The minimum absolute atomic E-state index is 0.137. The molecule has 2 fully saturated rings. The van der Waals surface area contributed by atoms with Crippen LogP contribution in [0, 0.1) is 11.7 Å². The average molecular weight is 210 g/mol. The molecular weight excluding hydrogens is 200 g/mol. The van der Waals surface area contributed by atoms with Gasteiger partial charge in [-0.15, -0.1) is 0 Å². The first-order chi connectivity index (χ1) is 7.16. The maximum Gasteiger partial charge on any atom is 0.267 e. The number of halogens is 2. The van der Waals surface area contributed by atoms with E-state index < -0.39 is 11.3 Å². The lowest BCUT2D eigenvalue weighted by Crippen LogP contribution is -2.29. The van der Waals surface area contributed by atoms with Crippen molar-refractivity contribution in [3.05, 3.63) is 24.3 Å². The van der Waals surface area contributed by atoms with Crippen LogP contribution in [0.5, 0.6) is 0 Å². The van der Waals surface area contributed by atoms with Crippen molar-refractivity contribution in [3.8, 4) is 0 Å². The summed E-state index contributed by atoms with van der Waals surface area (Å²) in [7, 11) is 0. The zero-order valence-corrected chi connectivity index (χ0v) is 8.00. The van der Waals surface area contributed by atoms with Crippen LogP contribution in [0.4, 0.5) is 8.78 Å². The molecular formula is C10H10F2N3. The Morgan fingerprint density at radius 3 is 2.93 bits per heavy atom. The third-order valence-electron chi connectivity index (χ3n) is 3.50. The minimum Gasteiger partial charge on any atom is -0.310 e. The van der Waals surface area contributed by atoms with Crippen molar-refractivity contribution >= 4 is 0 Å². The van der Waals surface area contributed by atoms with E-state index in [1.165, 1.54) is 0 Å². The topological polar surface area (TPSA) is 37.8 Å². The number of hydrogen-bond donors (Lipinski definition) is 1. The van der Waals surface area contributed by atoms with Gasteiger partial charge in [0.15, 0.2) is 6.33 Å². The highest BCUT2D eigenvalue weighted by Crippen LogP contribution is 2.67. The molecule has 2 unspecified atom stereocenters. The fraction of sp³-hybridized carbons (Fsp3) is 0.600. The first-order valence-corrected chi connectivity index (χ1v) is 4.93.